The van der Waals surface area contributed by atoms with Gasteiger partial charge < -0.3 is 10.2 Å². The second-order valence-corrected chi connectivity index (χ2v) is 7.23. The molecule has 24 heavy (non-hydrogen) atoms. The molecule has 7 heteroatoms. The van der Waals surface area contributed by atoms with Gasteiger partial charge in [-0.25, -0.2) is 14.8 Å². The number of hydrogen-bond acceptors (Lipinski definition) is 4. The van der Waals surface area contributed by atoms with Crippen LogP contribution < -0.4 is 5.32 Å². The first-order valence-corrected chi connectivity index (χ1v) is 9.43. The zero-order valence-corrected chi connectivity index (χ0v) is 14.9. The van der Waals surface area contributed by atoms with Crippen LogP contribution in [0.15, 0.2) is 37.1 Å². The molecule has 2 atom stereocenters. The Kier molecular flexibility index (Phi) is 5.40. The highest BCUT2D eigenvalue weighted by molar-refractivity contribution is 7.99. The van der Waals surface area contributed by atoms with Gasteiger partial charge >= 0.3 is 6.03 Å². The first-order chi connectivity index (χ1) is 11.7. The number of amides is 2. The number of thioether (sulfide) groups is 1. The first kappa shape index (κ1) is 16.8. The van der Waals surface area contributed by atoms with Gasteiger partial charge in [0.1, 0.15) is 12.1 Å². The normalized spacial score (nSPS) is 20.1. The average molecular weight is 345 g/mol. The second-order valence-electron chi connectivity index (χ2n) is 6.09. The summed E-state index contributed by atoms with van der Waals surface area (Å²) in [7, 11) is 1.89. The van der Waals surface area contributed by atoms with Gasteiger partial charge in [-0.1, -0.05) is 6.07 Å². The lowest BCUT2D eigenvalue weighted by atomic mass is 10.2. The smallest absolute Gasteiger partial charge is 0.317 e. The predicted molar refractivity (Wildman–Crippen MR) is 96.3 cm³/mol. The molecule has 0 radical (unpaired) electrons. The number of urea groups is 1. The monoisotopic (exact) mass is 345 g/mol. The Labute approximate surface area is 146 Å². The number of imidazole rings is 1. The molecular formula is C17H23N5OS. The summed E-state index contributed by atoms with van der Waals surface area (Å²) in [6, 6.07) is 4.24. The van der Waals surface area contributed by atoms with Gasteiger partial charge in [-0.15, -0.1) is 0 Å². The van der Waals surface area contributed by atoms with Crippen LogP contribution in [-0.2, 0) is 6.54 Å². The highest BCUT2D eigenvalue weighted by atomic mass is 32.2. The quantitative estimate of drug-likeness (QED) is 0.905. The topological polar surface area (TPSA) is 63.1 Å². The highest BCUT2D eigenvalue weighted by Crippen LogP contribution is 2.30. The van der Waals surface area contributed by atoms with E-state index in [2.05, 4.69) is 21.5 Å². The molecule has 1 saturated carbocycles. The Bertz CT molecular complexity index is 658. The van der Waals surface area contributed by atoms with E-state index in [1.165, 1.54) is 6.42 Å². The summed E-state index contributed by atoms with van der Waals surface area (Å²) in [4.78, 5) is 22.6. The fraction of sp³-hybridized carbons (Fsp3) is 0.471. The van der Waals surface area contributed by atoms with Crippen LogP contribution in [0.25, 0.3) is 5.82 Å². The summed E-state index contributed by atoms with van der Waals surface area (Å²) in [5.41, 5.74) is 0.981. The average Bonchev–Trinajstić information content (AvgIpc) is 3.30. The number of aromatic nitrogens is 3. The third kappa shape index (κ3) is 3.90. The van der Waals surface area contributed by atoms with Gasteiger partial charge in [-0.2, -0.15) is 11.8 Å². The van der Waals surface area contributed by atoms with Crippen LogP contribution in [0.4, 0.5) is 4.79 Å². The van der Waals surface area contributed by atoms with Gasteiger partial charge in [-0.05, 0) is 37.1 Å². The molecule has 6 nitrogen and oxygen atoms in total. The molecular weight excluding hydrogens is 322 g/mol. The molecule has 2 aromatic rings. The Balaban J connectivity index is 1.51. The lowest BCUT2D eigenvalue weighted by Crippen LogP contribution is -2.42. The number of nitrogens with zero attached hydrogens (tertiary/aromatic N) is 4. The Morgan fingerprint density at radius 2 is 2.33 bits per heavy atom. The number of rotatable bonds is 5. The van der Waals surface area contributed by atoms with Crippen LogP contribution in [-0.4, -0.2) is 50.1 Å². The minimum atomic E-state index is -0.0135. The van der Waals surface area contributed by atoms with Gasteiger partial charge in [0.25, 0.3) is 0 Å². The molecule has 0 aromatic carbocycles. The van der Waals surface area contributed by atoms with Crippen molar-refractivity contribution in [1.29, 1.82) is 0 Å². The summed E-state index contributed by atoms with van der Waals surface area (Å²) in [5, 5.41) is 3.67. The molecule has 1 aliphatic rings. The fourth-order valence-electron chi connectivity index (χ4n) is 3.02. The van der Waals surface area contributed by atoms with Crippen LogP contribution in [0, 0.1) is 0 Å². The molecule has 2 aromatic heterocycles. The van der Waals surface area contributed by atoms with E-state index in [0.29, 0.717) is 17.8 Å². The van der Waals surface area contributed by atoms with E-state index >= 15 is 0 Å². The van der Waals surface area contributed by atoms with Crippen molar-refractivity contribution in [2.45, 2.75) is 37.1 Å². The molecule has 1 N–H and O–H groups in total. The maximum absolute atomic E-state index is 12.3. The summed E-state index contributed by atoms with van der Waals surface area (Å²) in [5.74, 6) is 0.814. The zero-order valence-electron chi connectivity index (χ0n) is 14.1. The molecule has 0 spiro atoms. The van der Waals surface area contributed by atoms with Crippen molar-refractivity contribution in [3.8, 4) is 5.82 Å². The van der Waals surface area contributed by atoms with Crippen LogP contribution in [0.2, 0.25) is 0 Å². The Morgan fingerprint density at radius 1 is 1.46 bits per heavy atom. The second kappa shape index (κ2) is 7.70. The van der Waals surface area contributed by atoms with Crippen molar-refractivity contribution >= 4 is 17.8 Å². The van der Waals surface area contributed by atoms with Crippen molar-refractivity contribution in [2.24, 2.45) is 0 Å². The van der Waals surface area contributed by atoms with Crippen molar-refractivity contribution in [2.75, 3.05) is 13.3 Å². The number of pyridine rings is 1. The van der Waals surface area contributed by atoms with Gasteiger partial charge in [0.15, 0.2) is 0 Å². The molecule has 0 saturated heterocycles. The van der Waals surface area contributed by atoms with Gasteiger partial charge in [-0.3, -0.25) is 4.57 Å². The van der Waals surface area contributed by atoms with E-state index in [1.807, 2.05) is 46.6 Å². The van der Waals surface area contributed by atoms with E-state index in [0.717, 1.165) is 24.2 Å². The summed E-state index contributed by atoms with van der Waals surface area (Å²) < 4.78 is 1.85. The summed E-state index contributed by atoms with van der Waals surface area (Å²) >= 11 is 1.90. The van der Waals surface area contributed by atoms with Crippen LogP contribution in [0.1, 0.15) is 24.8 Å². The SMILES string of the molecule is CS[C@@H]1CC[C@H](N(C)C(=O)NCc2ccc(-n3ccnc3)nc2)C1. The van der Waals surface area contributed by atoms with Crippen molar-refractivity contribution in [3.05, 3.63) is 42.6 Å². The van der Waals surface area contributed by atoms with Gasteiger partial charge in [0.05, 0.1) is 0 Å². The van der Waals surface area contributed by atoms with Gasteiger partial charge in [0.2, 0.25) is 0 Å². The molecule has 0 bridgehead atoms. The van der Waals surface area contributed by atoms with Gasteiger partial charge in [0, 0.05) is 43.5 Å². The first-order valence-electron chi connectivity index (χ1n) is 8.14. The number of hydrogen-bond donors (Lipinski definition) is 1. The van der Waals surface area contributed by atoms with E-state index in [1.54, 1.807) is 18.7 Å². The lowest BCUT2D eigenvalue weighted by Gasteiger charge is -2.25. The number of nitrogens with one attached hydrogen (secondary N) is 1. The predicted octanol–water partition coefficient (Wildman–Crippen LogP) is 2.69. The lowest BCUT2D eigenvalue weighted by molar-refractivity contribution is 0.190. The maximum Gasteiger partial charge on any atom is 0.317 e. The summed E-state index contributed by atoms with van der Waals surface area (Å²) in [6.07, 6.45) is 12.6. The van der Waals surface area contributed by atoms with Crippen molar-refractivity contribution < 1.29 is 4.79 Å². The number of carbonyl (C=O) groups is 1. The minimum absolute atomic E-state index is 0.0135. The third-order valence-corrected chi connectivity index (χ3v) is 5.67. The molecule has 1 fully saturated rings. The van der Waals surface area contributed by atoms with E-state index < -0.39 is 0 Å². The largest absolute Gasteiger partial charge is 0.334 e. The maximum atomic E-state index is 12.3. The molecule has 3 rings (SSSR count). The Morgan fingerprint density at radius 3 is 2.96 bits per heavy atom. The molecule has 2 amide bonds. The fourth-order valence-corrected chi connectivity index (χ4v) is 3.81. The highest BCUT2D eigenvalue weighted by Gasteiger charge is 2.29. The molecule has 0 unspecified atom stereocenters. The standard InChI is InChI=1S/C17H23N5OS/c1-21(14-4-5-15(9-14)24-2)17(23)20-11-13-3-6-16(19-10-13)22-8-7-18-12-22/h3,6-8,10,12,14-15H,4-5,9,11H2,1-2H3,(H,20,23)/t14-,15+/m0/s1. The minimum Gasteiger partial charge on any atom is -0.334 e. The van der Waals surface area contributed by atoms with Crippen LogP contribution >= 0.6 is 11.8 Å². The van der Waals surface area contributed by atoms with E-state index in [-0.39, 0.29) is 6.03 Å². The van der Waals surface area contributed by atoms with E-state index in [9.17, 15) is 4.79 Å². The van der Waals surface area contributed by atoms with Crippen LogP contribution in [0.5, 0.6) is 0 Å². The zero-order chi connectivity index (χ0) is 16.9. The summed E-state index contributed by atoms with van der Waals surface area (Å²) in [6.45, 7) is 0.485. The molecule has 0 aliphatic heterocycles. The molecule has 1 aliphatic carbocycles. The molecule has 128 valence electrons. The van der Waals surface area contributed by atoms with Crippen LogP contribution in [0.3, 0.4) is 0 Å². The third-order valence-electron chi connectivity index (χ3n) is 4.58. The molecule has 2 heterocycles. The van der Waals surface area contributed by atoms with Crippen molar-refractivity contribution in [3.63, 3.8) is 0 Å². The number of carbonyl (C=O) groups excluding carboxylic acids is 1. The van der Waals surface area contributed by atoms with E-state index in [4.69, 9.17) is 0 Å². The van der Waals surface area contributed by atoms with Crippen molar-refractivity contribution in [1.82, 2.24) is 24.8 Å². The Hall–Kier alpha value is -2.02.